The van der Waals surface area contributed by atoms with Gasteiger partial charge < -0.3 is 24.0 Å². The van der Waals surface area contributed by atoms with Crippen molar-refractivity contribution in [2.24, 2.45) is 5.92 Å². The van der Waals surface area contributed by atoms with E-state index in [1.54, 1.807) is 18.3 Å². The van der Waals surface area contributed by atoms with Crippen molar-refractivity contribution in [3.8, 4) is 46.0 Å². The quantitative estimate of drug-likeness (QED) is 0.322. The highest BCUT2D eigenvalue weighted by Crippen LogP contribution is 2.41. The van der Waals surface area contributed by atoms with Crippen LogP contribution < -0.4 is 14.2 Å². The second-order valence-corrected chi connectivity index (χ2v) is 11.0. The summed E-state index contributed by atoms with van der Waals surface area (Å²) < 4.78 is 20.7. The molecule has 4 heterocycles. The number of nitriles is 1. The molecule has 9 heteroatoms. The maximum absolute atomic E-state index is 9.37. The minimum absolute atomic E-state index is 0.287. The van der Waals surface area contributed by atoms with Gasteiger partial charge in [0.1, 0.15) is 6.61 Å². The number of hydrogen-bond acceptors (Lipinski definition) is 8. The maximum atomic E-state index is 9.37. The van der Waals surface area contributed by atoms with Gasteiger partial charge in [0.25, 0.3) is 0 Å². The summed E-state index contributed by atoms with van der Waals surface area (Å²) in [6.07, 6.45) is 5.66. The fourth-order valence-electron chi connectivity index (χ4n) is 5.51. The molecule has 0 spiro atoms. The SMILES string of the molecule is C=C(C1COc2ccc(-c3c(-c4ccc(C#N)cc4)nc(OC[C@@H]4CCCN(C)C4)n4ccnc34)cc2O1)N(C)C. The lowest BCUT2D eigenvalue weighted by Gasteiger charge is -2.31. The number of likely N-dealkylation sites (N-methyl/N-ethyl adjacent to an activating group) is 1. The Bertz CT molecular complexity index is 1620. The van der Waals surface area contributed by atoms with Gasteiger partial charge in [0.15, 0.2) is 23.3 Å². The molecule has 2 aromatic heterocycles. The van der Waals surface area contributed by atoms with Crippen LogP contribution in [0.15, 0.2) is 67.1 Å². The maximum Gasteiger partial charge on any atom is 0.302 e. The Morgan fingerprint density at radius 1 is 1.17 bits per heavy atom. The summed E-state index contributed by atoms with van der Waals surface area (Å²) in [5, 5.41) is 9.37. The van der Waals surface area contributed by atoms with Crippen molar-refractivity contribution in [2.45, 2.75) is 18.9 Å². The van der Waals surface area contributed by atoms with E-state index in [0.29, 0.717) is 42.2 Å². The highest BCUT2D eigenvalue weighted by atomic mass is 16.6. The van der Waals surface area contributed by atoms with Crippen molar-refractivity contribution in [1.29, 1.82) is 5.26 Å². The third-order valence-corrected chi connectivity index (χ3v) is 7.81. The van der Waals surface area contributed by atoms with E-state index in [9.17, 15) is 5.26 Å². The predicted octanol–water partition coefficient (Wildman–Crippen LogP) is 4.87. The zero-order chi connectivity index (χ0) is 28.5. The smallest absolute Gasteiger partial charge is 0.302 e. The largest absolute Gasteiger partial charge is 0.485 e. The normalized spacial score (nSPS) is 18.6. The zero-order valence-electron chi connectivity index (χ0n) is 23.7. The number of fused-ring (bicyclic) bond motifs is 2. The molecule has 2 aliphatic heterocycles. The summed E-state index contributed by atoms with van der Waals surface area (Å²) in [5.41, 5.74) is 5.44. The average Bonchev–Trinajstić information content (AvgIpc) is 3.49. The van der Waals surface area contributed by atoms with E-state index in [0.717, 1.165) is 53.2 Å². The zero-order valence-corrected chi connectivity index (χ0v) is 23.7. The third kappa shape index (κ3) is 5.31. The first-order valence-corrected chi connectivity index (χ1v) is 13.9. The molecule has 9 nitrogen and oxygen atoms in total. The van der Waals surface area contributed by atoms with E-state index >= 15 is 0 Å². The molecule has 0 bridgehead atoms. The van der Waals surface area contributed by atoms with Crippen LogP contribution in [-0.2, 0) is 0 Å². The third-order valence-electron chi connectivity index (χ3n) is 7.81. The Hall–Kier alpha value is -4.55. The van der Waals surface area contributed by atoms with Gasteiger partial charge in [-0.2, -0.15) is 10.2 Å². The lowest BCUT2D eigenvalue weighted by atomic mass is 9.98. The average molecular weight is 551 g/mol. The summed E-state index contributed by atoms with van der Waals surface area (Å²) in [6.45, 7) is 7.26. The number of hydrogen-bond donors (Lipinski definition) is 0. The van der Waals surface area contributed by atoms with Gasteiger partial charge in [0.2, 0.25) is 0 Å². The molecule has 6 rings (SSSR count). The Morgan fingerprint density at radius 3 is 2.73 bits per heavy atom. The molecule has 0 aliphatic carbocycles. The van der Waals surface area contributed by atoms with Crippen molar-refractivity contribution in [3.63, 3.8) is 0 Å². The minimum Gasteiger partial charge on any atom is -0.485 e. The summed E-state index contributed by atoms with van der Waals surface area (Å²) in [4.78, 5) is 14.1. The fraction of sp³-hybridized carbons (Fsp3) is 0.344. The molecule has 41 heavy (non-hydrogen) atoms. The van der Waals surface area contributed by atoms with Crippen LogP contribution in [-0.4, -0.2) is 77.7 Å². The van der Waals surface area contributed by atoms with E-state index in [1.807, 2.05) is 59.9 Å². The van der Waals surface area contributed by atoms with Crippen LogP contribution in [0.3, 0.4) is 0 Å². The van der Waals surface area contributed by atoms with Crippen molar-refractivity contribution in [3.05, 3.63) is 72.7 Å². The monoisotopic (exact) mass is 550 g/mol. The minimum atomic E-state index is -0.287. The molecule has 2 aromatic carbocycles. The molecule has 1 unspecified atom stereocenters. The first-order valence-electron chi connectivity index (χ1n) is 13.9. The highest BCUT2D eigenvalue weighted by Gasteiger charge is 2.27. The molecule has 1 fully saturated rings. The standard InChI is InChI=1S/C32H34N6O3/c1-21(36(2)3)28-20-39-26-12-11-25(16-27(26)41-28)29-30(24-9-7-22(17-33)8-10-24)35-32(38-15-13-34-31(29)38)40-19-23-6-5-14-37(4)18-23/h7-13,15-16,23,28H,1,5-6,14,18-20H2,2-4H3/t23-,28?/m1/s1. The van der Waals surface area contributed by atoms with Gasteiger partial charge >= 0.3 is 6.01 Å². The van der Waals surface area contributed by atoms with Crippen LogP contribution in [0.4, 0.5) is 0 Å². The van der Waals surface area contributed by atoms with Crippen molar-refractivity contribution >= 4 is 5.65 Å². The summed E-state index contributed by atoms with van der Waals surface area (Å²) in [7, 11) is 6.04. The van der Waals surface area contributed by atoms with Gasteiger partial charge in [-0.25, -0.2) is 4.98 Å². The summed E-state index contributed by atoms with van der Waals surface area (Å²) >= 11 is 0. The molecule has 210 valence electrons. The van der Waals surface area contributed by atoms with E-state index in [4.69, 9.17) is 24.2 Å². The predicted molar refractivity (Wildman–Crippen MR) is 157 cm³/mol. The number of nitrogens with zero attached hydrogens (tertiary/aromatic N) is 6. The van der Waals surface area contributed by atoms with Gasteiger partial charge in [0, 0.05) is 44.5 Å². The molecule has 0 amide bonds. The highest BCUT2D eigenvalue weighted by molar-refractivity contribution is 5.91. The van der Waals surface area contributed by atoms with Gasteiger partial charge in [-0.3, -0.25) is 4.40 Å². The molecule has 2 atom stereocenters. The molecule has 0 N–H and O–H groups in total. The lowest BCUT2D eigenvalue weighted by Crippen LogP contribution is -2.35. The number of piperidine rings is 1. The van der Waals surface area contributed by atoms with E-state index in [-0.39, 0.29) is 6.10 Å². The van der Waals surface area contributed by atoms with Gasteiger partial charge in [-0.1, -0.05) is 24.8 Å². The molecular weight excluding hydrogens is 516 g/mol. The van der Waals surface area contributed by atoms with Gasteiger partial charge in [-0.05, 0) is 56.3 Å². The van der Waals surface area contributed by atoms with Crippen LogP contribution in [0, 0.1) is 17.2 Å². The number of ether oxygens (including phenoxy) is 3. The second-order valence-electron chi connectivity index (χ2n) is 11.0. The first-order chi connectivity index (χ1) is 19.9. The van der Waals surface area contributed by atoms with Crippen LogP contribution in [0.25, 0.3) is 28.0 Å². The summed E-state index contributed by atoms with van der Waals surface area (Å²) in [6, 6.07) is 16.0. The Labute approximate surface area is 240 Å². The first kappa shape index (κ1) is 26.7. The molecule has 4 aromatic rings. The van der Waals surface area contributed by atoms with E-state index in [2.05, 4.69) is 24.6 Å². The number of imidazole rings is 1. The number of rotatable bonds is 7. The van der Waals surface area contributed by atoms with Crippen molar-refractivity contribution < 1.29 is 14.2 Å². The Morgan fingerprint density at radius 2 is 1.98 bits per heavy atom. The van der Waals surface area contributed by atoms with Crippen molar-refractivity contribution in [2.75, 3.05) is 47.4 Å². The fourth-order valence-corrected chi connectivity index (χ4v) is 5.51. The molecule has 0 saturated carbocycles. The number of aromatic nitrogens is 3. The second kappa shape index (κ2) is 11.1. The lowest BCUT2D eigenvalue weighted by molar-refractivity contribution is 0.0993. The van der Waals surface area contributed by atoms with E-state index in [1.165, 1.54) is 6.42 Å². The van der Waals surface area contributed by atoms with Crippen LogP contribution in [0.2, 0.25) is 0 Å². The van der Waals surface area contributed by atoms with Crippen LogP contribution in [0.1, 0.15) is 18.4 Å². The summed E-state index contributed by atoms with van der Waals surface area (Å²) in [5.74, 6) is 1.76. The van der Waals surface area contributed by atoms with Gasteiger partial charge in [0.05, 0.1) is 35.2 Å². The molecule has 0 radical (unpaired) electrons. The van der Waals surface area contributed by atoms with Crippen molar-refractivity contribution in [1.82, 2.24) is 24.2 Å². The van der Waals surface area contributed by atoms with E-state index < -0.39 is 0 Å². The van der Waals surface area contributed by atoms with Gasteiger partial charge in [-0.15, -0.1) is 0 Å². The number of likely N-dealkylation sites (tertiary alicyclic amines) is 1. The Balaban J connectivity index is 1.44. The van der Waals surface area contributed by atoms with Crippen LogP contribution >= 0.6 is 0 Å². The number of benzene rings is 2. The molecule has 2 aliphatic rings. The molecular formula is C32H34N6O3. The van der Waals surface area contributed by atoms with Crippen LogP contribution in [0.5, 0.6) is 17.5 Å². The topological polar surface area (TPSA) is 88.2 Å². The Kier molecular flexibility index (Phi) is 7.25. The molecule has 1 saturated heterocycles.